The summed E-state index contributed by atoms with van der Waals surface area (Å²) in [6.07, 6.45) is 16.7. The van der Waals surface area contributed by atoms with E-state index in [-0.39, 0.29) is 13.2 Å². The van der Waals surface area contributed by atoms with Crippen molar-refractivity contribution in [1.29, 1.82) is 0 Å². The Balaban J connectivity index is 1.89. The average Bonchev–Trinajstić information content (AvgIpc) is 3.04. The van der Waals surface area contributed by atoms with Gasteiger partial charge in [-0.1, -0.05) is 70.4 Å². The maximum Gasteiger partial charge on any atom is 0.114 e. The Labute approximate surface area is 165 Å². The van der Waals surface area contributed by atoms with E-state index < -0.39 is 24.4 Å². The van der Waals surface area contributed by atoms with Crippen molar-refractivity contribution in [2.45, 2.75) is 108 Å². The van der Waals surface area contributed by atoms with Gasteiger partial charge in [0.1, 0.15) is 24.4 Å². The zero-order valence-corrected chi connectivity index (χ0v) is 17.2. The zero-order valence-electron chi connectivity index (χ0n) is 17.2. The summed E-state index contributed by atoms with van der Waals surface area (Å²) >= 11 is 0. The number of rotatable bonds is 17. The molecule has 0 radical (unpaired) electrons. The number of hydrogen-bond donors (Lipinski definition) is 3. The predicted octanol–water partition coefficient (Wildman–Crippen LogP) is 3.74. The molecule has 0 aromatic heterocycles. The lowest BCUT2D eigenvalue weighted by molar-refractivity contribution is -0.0938. The fourth-order valence-electron chi connectivity index (χ4n) is 3.48. The van der Waals surface area contributed by atoms with E-state index in [1.54, 1.807) is 0 Å². The first kappa shape index (κ1) is 24.6. The number of unbranched alkanes of at least 4 members (excludes halogenated alkanes) is 10. The van der Waals surface area contributed by atoms with Gasteiger partial charge in [-0.25, -0.2) is 0 Å². The predicted molar refractivity (Wildman–Crippen MR) is 109 cm³/mol. The summed E-state index contributed by atoms with van der Waals surface area (Å²) < 4.78 is 11.0. The van der Waals surface area contributed by atoms with E-state index in [1.165, 1.54) is 64.2 Å². The molecular formula is C22H42O5. The topological polar surface area (TPSA) is 79.2 Å². The molecule has 4 atom stereocenters. The minimum absolute atomic E-state index is 0.154. The van der Waals surface area contributed by atoms with Crippen molar-refractivity contribution in [1.82, 2.24) is 0 Å². The smallest absolute Gasteiger partial charge is 0.114 e. The quantitative estimate of drug-likeness (QED) is 0.262. The van der Waals surface area contributed by atoms with E-state index in [0.29, 0.717) is 6.61 Å². The van der Waals surface area contributed by atoms with Crippen LogP contribution in [-0.2, 0) is 9.47 Å². The lowest BCUT2D eigenvalue weighted by Gasteiger charge is -2.23. The van der Waals surface area contributed by atoms with Crippen LogP contribution in [0.3, 0.4) is 0 Å². The van der Waals surface area contributed by atoms with Crippen LogP contribution < -0.4 is 0 Å². The molecule has 0 aromatic rings. The van der Waals surface area contributed by atoms with Gasteiger partial charge in [-0.2, -0.15) is 0 Å². The minimum atomic E-state index is -1.00. The summed E-state index contributed by atoms with van der Waals surface area (Å²) in [7, 11) is 0. The van der Waals surface area contributed by atoms with E-state index in [2.05, 4.69) is 19.1 Å². The van der Waals surface area contributed by atoms with E-state index in [0.717, 1.165) is 12.8 Å². The van der Waals surface area contributed by atoms with Crippen LogP contribution in [0, 0.1) is 0 Å². The monoisotopic (exact) mass is 386 g/mol. The fourth-order valence-corrected chi connectivity index (χ4v) is 3.48. The van der Waals surface area contributed by atoms with Crippen LogP contribution >= 0.6 is 0 Å². The van der Waals surface area contributed by atoms with E-state index in [4.69, 9.17) is 14.6 Å². The number of allylic oxidation sites excluding steroid dienone is 2. The molecule has 160 valence electrons. The van der Waals surface area contributed by atoms with Crippen molar-refractivity contribution in [3.05, 3.63) is 12.2 Å². The van der Waals surface area contributed by atoms with Gasteiger partial charge in [0.15, 0.2) is 0 Å². The molecule has 1 aliphatic rings. The molecule has 0 amide bonds. The molecule has 5 nitrogen and oxygen atoms in total. The Morgan fingerprint density at radius 3 is 2.19 bits per heavy atom. The molecule has 0 aliphatic carbocycles. The Hall–Kier alpha value is -0.460. The van der Waals surface area contributed by atoms with Crippen LogP contribution in [0.4, 0.5) is 0 Å². The van der Waals surface area contributed by atoms with Gasteiger partial charge in [-0.3, -0.25) is 0 Å². The first-order chi connectivity index (χ1) is 13.2. The standard InChI is InChI=1S/C22H42O5/c1-2-3-4-5-6-7-8-9-10-11-12-13-14-15-16-26-22-20(25)18-27-21(22)19(24)17-23/h4-5,19-25H,2-3,6-18H2,1H3/b5-4+/t19-,20+,21+,22+/m0/s1. The van der Waals surface area contributed by atoms with Gasteiger partial charge in [0.25, 0.3) is 0 Å². The Morgan fingerprint density at radius 2 is 1.56 bits per heavy atom. The lowest BCUT2D eigenvalue weighted by atomic mass is 10.1. The molecule has 27 heavy (non-hydrogen) atoms. The van der Waals surface area contributed by atoms with E-state index in [1.807, 2.05) is 0 Å². The molecule has 1 saturated heterocycles. The van der Waals surface area contributed by atoms with Gasteiger partial charge in [0.05, 0.1) is 13.2 Å². The van der Waals surface area contributed by atoms with Crippen LogP contribution in [0.2, 0.25) is 0 Å². The molecule has 1 fully saturated rings. The highest BCUT2D eigenvalue weighted by atomic mass is 16.6. The van der Waals surface area contributed by atoms with Gasteiger partial charge >= 0.3 is 0 Å². The molecule has 0 spiro atoms. The highest BCUT2D eigenvalue weighted by molar-refractivity contribution is 4.89. The summed E-state index contributed by atoms with van der Waals surface area (Å²) in [5.41, 5.74) is 0. The molecule has 0 bridgehead atoms. The Kier molecular flexibility index (Phi) is 15.0. The summed E-state index contributed by atoms with van der Waals surface area (Å²) in [6, 6.07) is 0. The van der Waals surface area contributed by atoms with Crippen LogP contribution in [0.15, 0.2) is 12.2 Å². The SMILES string of the molecule is CCC/C=C/CCCCCCCCCCCO[C@H]1[C@@H]([C@@H](O)CO)OC[C@H]1O. The molecular weight excluding hydrogens is 344 g/mol. The Bertz CT molecular complexity index is 361. The van der Waals surface area contributed by atoms with Crippen LogP contribution in [-0.4, -0.2) is 59.6 Å². The molecule has 0 unspecified atom stereocenters. The third kappa shape index (κ3) is 11.2. The largest absolute Gasteiger partial charge is 0.394 e. The van der Waals surface area contributed by atoms with Crippen LogP contribution in [0.5, 0.6) is 0 Å². The van der Waals surface area contributed by atoms with Crippen molar-refractivity contribution >= 4 is 0 Å². The summed E-state index contributed by atoms with van der Waals surface area (Å²) in [5.74, 6) is 0. The molecule has 1 aliphatic heterocycles. The average molecular weight is 387 g/mol. The van der Waals surface area contributed by atoms with Crippen molar-refractivity contribution in [3.63, 3.8) is 0 Å². The molecule has 3 N–H and O–H groups in total. The molecule has 5 heteroatoms. The van der Waals surface area contributed by atoms with Crippen molar-refractivity contribution in [2.24, 2.45) is 0 Å². The second-order valence-corrected chi connectivity index (χ2v) is 7.68. The van der Waals surface area contributed by atoms with Crippen molar-refractivity contribution < 1.29 is 24.8 Å². The first-order valence-corrected chi connectivity index (χ1v) is 11.1. The van der Waals surface area contributed by atoms with Crippen molar-refractivity contribution in [3.8, 4) is 0 Å². The Morgan fingerprint density at radius 1 is 0.963 bits per heavy atom. The van der Waals surface area contributed by atoms with Gasteiger partial charge < -0.3 is 24.8 Å². The van der Waals surface area contributed by atoms with Crippen molar-refractivity contribution in [2.75, 3.05) is 19.8 Å². The number of aliphatic hydroxyl groups excluding tert-OH is 3. The molecule has 1 heterocycles. The summed E-state index contributed by atoms with van der Waals surface area (Å²) in [4.78, 5) is 0. The minimum Gasteiger partial charge on any atom is -0.394 e. The normalized spacial score (nSPS) is 24.1. The summed E-state index contributed by atoms with van der Waals surface area (Å²) in [6.45, 7) is 2.55. The third-order valence-electron chi connectivity index (χ3n) is 5.18. The zero-order chi connectivity index (χ0) is 19.7. The van der Waals surface area contributed by atoms with Gasteiger partial charge in [-0.05, 0) is 25.7 Å². The van der Waals surface area contributed by atoms with Crippen LogP contribution in [0.25, 0.3) is 0 Å². The van der Waals surface area contributed by atoms with Gasteiger partial charge in [0.2, 0.25) is 0 Å². The number of hydrogen-bond acceptors (Lipinski definition) is 5. The number of ether oxygens (including phenoxy) is 2. The lowest BCUT2D eigenvalue weighted by Crippen LogP contribution is -2.42. The first-order valence-electron chi connectivity index (χ1n) is 11.1. The second kappa shape index (κ2) is 16.5. The third-order valence-corrected chi connectivity index (χ3v) is 5.18. The maximum atomic E-state index is 9.87. The fraction of sp³-hybridized carbons (Fsp3) is 0.909. The van der Waals surface area contributed by atoms with Crippen LogP contribution in [0.1, 0.15) is 84.0 Å². The number of aliphatic hydroxyl groups is 3. The maximum absolute atomic E-state index is 9.87. The van der Waals surface area contributed by atoms with E-state index in [9.17, 15) is 10.2 Å². The highest BCUT2D eigenvalue weighted by Gasteiger charge is 2.40. The summed E-state index contributed by atoms with van der Waals surface area (Å²) in [5, 5.41) is 28.6. The molecule has 1 rings (SSSR count). The van der Waals surface area contributed by atoms with Gasteiger partial charge in [-0.15, -0.1) is 0 Å². The second-order valence-electron chi connectivity index (χ2n) is 7.68. The molecule has 0 saturated carbocycles. The highest BCUT2D eigenvalue weighted by Crippen LogP contribution is 2.21. The van der Waals surface area contributed by atoms with Gasteiger partial charge in [0, 0.05) is 6.61 Å². The van der Waals surface area contributed by atoms with E-state index >= 15 is 0 Å². The molecule has 0 aromatic carbocycles.